The Morgan fingerprint density at radius 1 is 1.20 bits per heavy atom. The van der Waals surface area contributed by atoms with E-state index in [0.29, 0.717) is 24.5 Å². The van der Waals surface area contributed by atoms with Crippen LogP contribution >= 0.6 is 0 Å². The molecular formula is C18H25N7. The molecule has 4 atom stereocenters. The fraction of sp³-hybridized carbons (Fsp3) is 0.444. The van der Waals surface area contributed by atoms with E-state index in [-0.39, 0.29) is 6.04 Å². The maximum Gasteiger partial charge on any atom is 0.126 e. The van der Waals surface area contributed by atoms with Crippen molar-refractivity contribution in [3.05, 3.63) is 54.0 Å². The first-order chi connectivity index (χ1) is 12.3. The Kier molecular flexibility index (Phi) is 4.89. The zero-order valence-electron chi connectivity index (χ0n) is 14.2. The molecule has 2 aromatic rings. The molecule has 2 aliphatic rings. The molecule has 132 valence electrons. The average molecular weight is 339 g/mol. The quantitative estimate of drug-likeness (QED) is 0.547. The number of aromatic nitrogens is 2. The van der Waals surface area contributed by atoms with E-state index in [1.54, 1.807) is 0 Å². The lowest BCUT2D eigenvalue weighted by molar-refractivity contribution is 0.266. The van der Waals surface area contributed by atoms with Gasteiger partial charge in [0.1, 0.15) is 5.82 Å². The Labute approximate surface area is 147 Å². The van der Waals surface area contributed by atoms with Gasteiger partial charge in [-0.3, -0.25) is 10.4 Å². The van der Waals surface area contributed by atoms with E-state index >= 15 is 0 Å². The summed E-state index contributed by atoms with van der Waals surface area (Å²) in [5.41, 5.74) is 15.0. The van der Waals surface area contributed by atoms with E-state index in [2.05, 4.69) is 49.7 Å². The molecule has 0 radical (unpaired) electrons. The second kappa shape index (κ2) is 7.45. The summed E-state index contributed by atoms with van der Waals surface area (Å²) >= 11 is 0. The maximum absolute atomic E-state index is 5.57. The molecule has 2 aliphatic heterocycles. The van der Waals surface area contributed by atoms with Crippen LogP contribution in [0.4, 0.5) is 5.82 Å². The summed E-state index contributed by atoms with van der Waals surface area (Å²) in [6.45, 7) is 2.27. The molecule has 0 aliphatic carbocycles. The van der Waals surface area contributed by atoms with Crippen molar-refractivity contribution in [2.75, 3.05) is 25.0 Å². The summed E-state index contributed by atoms with van der Waals surface area (Å²) in [6, 6.07) is 9.41. The van der Waals surface area contributed by atoms with Gasteiger partial charge in [-0.15, -0.1) is 0 Å². The number of nitrogens with zero attached hydrogens (tertiary/aromatic N) is 2. The zero-order valence-corrected chi connectivity index (χ0v) is 14.2. The predicted octanol–water partition coefficient (Wildman–Crippen LogP) is 0.716. The first-order valence-electron chi connectivity index (χ1n) is 8.89. The van der Waals surface area contributed by atoms with Crippen LogP contribution in [0.3, 0.4) is 0 Å². The number of hydrazine groups is 1. The SMILES string of the molecule is NCCNc1cc(C2NNC3CNC(c4cccnc4)CC32)ccn1. The van der Waals surface area contributed by atoms with Crippen LogP contribution in [0.1, 0.15) is 29.6 Å². The van der Waals surface area contributed by atoms with E-state index in [9.17, 15) is 0 Å². The van der Waals surface area contributed by atoms with Crippen LogP contribution in [0, 0.1) is 5.92 Å². The Bertz CT molecular complexity index is 693. The van der Waals surface area contributed by atoms with Gasteiger partial charge in [-0.25, -0.2) is 10.4 Å². The number of fused-ring (bicyclic) bond motifs is 1. The number of nitrogens with one attached hydrogen (secondary N) is 4. The lowest BCUT2D eigenvalue weighted by Crippen LogP contribution is -2.46. The van der Waals surface area contributed by atoms with Crippen LogP contribution in [0.2, 0.25) is 0 Å². The van der Waals surface area contributed by atoms with Crippen LogP contribution in [-0.2, 0) is 0 Å². The monoisotopic (exact) mass is 339 g/mol. The minimum Gasteiger partial charge on any atom is -0.369 e. The smallest absolute Gasteiger partial charge is 0.126 e. The lowest BCUT2D eigenvalue weighted by atomic mass is 9.80. The van der Waals surface area contributed by atoms with Crippen molar-refractivity contribution < 1.29 is 0 Å². The van der Waals surface area contributed by atoms with Crippen LogP contribution in [0.25, 0.3) is 0 Å². The largest absolute Gasteiger partial charge is 0.369 e. The highest BCUT2D eigenvalue weighted by atomic mass is 15.4. The predicted molar refractivity (Wildman–Crippen MR) is 97.7 cm³/mol. The molecular weight excluding hydrogens is 314 g/mol. The molecule has 2 saturated heterocycles. The number of rotatable bonds is 5. The van der Waals surface area contributed by atoms with Crippen molar-refractivity contribution >= 4 is 5.82 Å². The highest BCUT2D eigenvalue weighted by molar-refractivity contribution is 5.39. The summed E-state index contributed by atoms with van der Waals surface area (Å²) in [4.78, 5) is 8.64. The minimum absolute atomic E-state index is 0.271. The first kappa shape index (κ1) is 16.4. The van der Waals surface area contributed by atoms with Gasteiger partial charge in [0.2, 0.25) is 0 Å². The van der Waals surface area contributed by atoms with Gasteiger partial charge < -0.3 is 16.4 Å². The molecule has 7 nitrogen and oxygen atoms in total. The fourth-order valence-electron chi connectivity index (χ4n) is 3.87. The molecule has 0 spiro atoms. The zero-order chi connectivity index (χ0) is 17.1. The fourth-order valence-corrected chi connectivity index (χ4v) is 3.87. The Morgan fingerprint density at radius 2 is 2.16 bits per heavy atom. The number of piperidine rings is 1. The Balaban J connectivity index is 1.51. The summed E-state index contributed by atoms with van der Waals surface area (Å²) < 4.78 is 0. The third kappa shape index (κ3) is 3.50. The van der Waals surface area contributed by atoms with Gasteiger partial charge in [-0.1, -0.05) is 6.07 Å². The number of nitrogens with two attached hydrogens (primary N) is 1. The molecule has 0 aromatic carbocycles. The van der Waals surface area contributed by atoms with Gasteiger partial charge in [0.05, 0.1) is 6.04 Å². The molecule has 7 heteroatoms. The number of hydrogen-bond donors (Lipinski definition) is 5. The summed E-state index contributed by atoms with van der Waals surface area (Å²) in [5.74, 6) is 1.39. The van der Waals surface area contributed by atoms with E-state index in [1.807, 2.05) is 24.7 Å². The van der Waals surface area contributed by atoms with Crippen molar-refractivity contribution in [3.8, 4) is 0 Å². The normalized spacial score (nSPS) is 28.5. The van der Waals surface area contributed by atoms with Crippen LogP contribution < -0.4 is 27.2 Å². The number of pyridine rings is 2. The third-order valence-corrected chi connectivity index (χ3v) is 5.14. The highest BCUT2D eigenvalue weighted by Gasteiger charge is 2.41. The van der Waals surface area contributed by atoms with Gasteiger partial charge in [0, 0.05) is 50.3 Å². The van der Waals surface area contributed by atoms with Crippen molar-refractivity contribution in [1.29, 1.82) is 0 Å². The molecule has 4 rings (SSSR count). The summed E-state index contributed by atoms with van der Waals surface area (Å²) in [6.07, 6.45) is 6.71. The molecule has 0 saturated carbocycles. The maximum atomic E-state index is 5.57. The van der Waals surface area contributed by atoms with Gasteiger partial charge in [-0.2, -0.15) is 0 Å². The first-order valence-corrected chi connectivity index (χ1v) is 8.89. The Hall–Kier alpha value is -2.06. The molecule has 6 N–H and O–H groups in total. The van der Waals surface area contributed by atoms with Crippen LogP contribution in [-0.4, -0.2) is 35.6 Å². The summed E-state index contributed by atoms with van der Waals surface area (Å²) in [5, 5.41) is 6.90. The lowest BCUT2D eigenvalue weighted by Gasteiger charge is -2.34. The van der Waals surface area contributed by atoms with Gasteiger partial charge in [0.15, 0.2) is 0 Å². The van der Waals surface area contributed by atoms with Gasteiger partial charge >= 0.3 is 0 Å². The second-order valence-electron chi connectivity index (χ2n) is 6.71. The van der Waals surface area contributed by atoms with Gasteiger partial charge in [-0.05, 0) is 41.7 Å². The minimum atomic E-state index is 0.271. The standard InChI is InChI=1S/C18H25N7/c19-4-7-22-17-8-12(3-6-21-17)18-14-9-15(13-2-1-5-20-10-13)23-11-16(14)24-25-18/h1-3,5-6,8,10,14-16,18,23-25H,4,7,9,11,19H2,(H,21,22). The Morgan fingerprint density at radius 3 is 3.00 bits per heavy atom. The number of hydrogen-bond acceptors (Lipinski definition) is 7. The summed E-state index contributed by atoms with van der Waals surface area (Å²) in [7, 11) is 0. The van der Waals surface area contributed by atoms with Crippen molar-refractivity contribution in [3.63, 3.8) is 0 Å². The van der Waals surface area contributed by atoms with Crippen LogP contribution in [0.15, 0.2) is 42.9 Å². The molecule has 2 aromatic heterocycles. The van der Waals surface area contributed by atoms with Crippen LogP contribution in [0.5, 0.6) is 0 Å². The van der Waals surface area contributed by atoms with E-state index < -0.39 is 0 Å². The van der Waals surface area contributed by atoms with Gasteiger partial charge in [0.25, 0.3) is 0 Å². The second-order valence-corrected chi connectivity index (χ2v) is 6.71. The van der Waals surface area contributed by atoms with E-state index in [0.717, 1.165) is 25.3 Å². The van der Waals surface area contributed by atoms with E-state index in [4.69, 9.17) is 5.73 Å². The molecule has 25 heavy (non-hydrogen) atoms. The van der Waals surface area contributed by atoms with Crippen molar-refractivity contribution in [2.24, 2.45) is 11.7 Å². The highest BCUT2D eigenvalue weighted by Crippen LogP contribution is 2.38. The van der Waals surface area contributed by atoms with Crippen molar-refractivity contribution in [1.82, 2.24) is 26.1 Å². The molecule has 2 fully saturated rings. The number of anilines is 1. The molecule has 0 amide bonds. The van der Waals surface area contributed by atoms with E-state index in [1.165, 1.54) is 11.1 Å². The third-order valence-electron chi connectivity index (χ3n) is 5.14. The molecule has 4 unspecified atom stereocenters. The van der Waals surface area contributed by atoms with Crippen molar-refractivity contribution in [2.45, 2.75) is 24.5 Å². The topological polar surface area (TPSA) is 99.9 Å². The molecule has 0 bridgehead atoms. The molecule has 4 heterocycles. The average Bonchev–Trinajstić information content (AvgIpc) is 3.10.